The number of para-hydroxylation sites is 1. The van der Waals surface area contributed by atoms with Crippen molar-refractivity contribution in [3.8, 4) is 0 Å². The van der Waals surface area contributed by atoms with E-state index in [1.807, 2.05) is 54.4 Å². The third-order valence-corrected chi connectivity index (χ3v) is 4.01. The normalized spacial score (nSPS) is 17.2. The van der Waals surface area contributed by atoms with Crippen molar-refractivity contribution in [3.05, 3.63) is 59.7 Å². The van der Waals surface area contributed by atoms with Crippen molar-refractivity contribution in [1.82, 2.24) is 0 Å². The highest BCUT2D eigenvalue weighted by Crippen LogP contribution is 2.30. The topological polar surface area (TPSA) is 32.3 Å². The van der Waals surface area contributed by atoms with Gasteiger partial charge in [-0.3, -0.25) is 4.79 Å². The highest BCUT2D eigenvalue weighted by molar-refractivity contribution is 6.06. The fourth-order valence-electron chi connectivity index (χ4n) is 2.92. The smallest absolute Gasteiger partial charge is 0.258 e. The van der Waals surface area contributed by atoms with E-state index in [-0.39, 0.29) is 5.91 Å². The highest BCUT2D eigenvalue weighted by atomic mass is 16.2. The molecule has 0 aliphatic carbocycles. The van der Waals surface area contributed by atoms with Crippen LogP contribution in [0.4, 0.5) is 11.4 Å². The Morgan fingerprint density at radius 2 is 1.86 bits per heavy atom. The molecule has 1 unspecified atom stereocenters. The molecule has 3 rings (SSSR count). The molecule has 3 nitrogen and oxygen atoms in total. The van der Waals surface area contributed by atoms with Crippen molar-refractivity contribution >= 4 is 17.3 Å². The fraction of sp³-hybridized carbons (Fsp3) is 0.278. The molecule has 108 valence electrons. The molecule has 0 aromatic heterocycles. The SMILES string of the molecule is CNc1ccc(C(=O)N2CC(C)Cc3ccccc32)cc1. The van der Waals surface area contributed by atoms with E-state index >= 15 is 0 Å². The van der Waals surface area contributed by atoms with E-state index in [2.05, 4.69) is 18.3 Å². The number of amides is 1. The zero-order valence-corrected chi connectivity index (χ0v) is 12.5. The van der Waals surface area contributed by atoms with Gasteiger partial charge in [0.2, 0.25) is 0 Å². The number of anilines is 2. The van der Waals surface area contributed by atoms with Crippen molar-refractivity contribution in [2.24, 2.45) is 5.92 Å². The lowest BCUT2D eigenvalue weighted by atomic mass is 9.93. The van der Waals surface area contributed by atoms with Gasteiger partial charge in [-0.25, -0.2) is 0 Å². The van der Waals surface area contributed by atoms with Gasteiger partial charge in [0.25, 0.3) is 5.91 Å². The summed E-state index contributed by atoms with van der Waals surface area (Å²) in [6.07, 6.45) is 1.04. The van der Waals surface area contributed by atoms with Crippen molar-refractivity contribution in [2.45, 2.75) is 13.3 Å². The molecule has 0 bridgehead atoms. The van der Waals surface area contributed by atoms with Gasteiger partial charge in [0.15, 0.2) is 0 Å². The summed E-state index contributed by atoms with van der Waals surface area (Å²) in [7, 11) is 1.87. The Labute approximate surface area is 125 Å². The fourth-order valence-corrected chi connectivity index (χ4v) is 2.92. The van der Waals surface area contributed by atoms with Crippen LogP contribution in [0.15, 0.2) is 48.5 Å². The lowest BCUT2D eigenvalue weighted by molar-refractivity contribution is 0.0981. The Morgan fingerprint density at radius 1 is 1.14 bits per heavy atom. The van der Waals surface area contributed by atoms with Crippen molar-refractivity contribution in [3.63, 3.8) is 0 Å². The molecule has 2 aromatic rings. The standard InChI is InChI=1S/C18H20N2O/c1-13-11-15-5-3-4-6-17(15)20(12-13)18(21)14-7-9-16(19-2)10-8-14/h3-10,13,19H,11-12H2,1-2H3. The van der Waals surface area contributed by atoms with Gasteiger partial charge in [0, 0.05) is 30.5 Å². The Morgan fingerprint density at radius 3 is 2.57 bits per heavy atom. The van der Waals surface area contributed by atoms with E-state index in [4.69, 9.17) is 0 Å². The first-order valence-electron chi connectivity index (χ1n) is 7.36. The minimum atomic E-state index is 0.0802. The zero-order chi connectivity index (χ0) is 14.8. The zero-order valence-electron chi connectivity index (χ0n) is 12.5. The van der Waals surface area contributed by atoms with Gasteiger partial charge in [-0.2, -0.15) is 0 Å². The largest absolute Gasteiger partial charge is 0.388 e. The highest BCUT2D eigenvalue weighted by Gasteiger charge is 2.26. The van der Waals surface area contributed by atoms with E-state index in [0.717, 1.165) is 29.9 Å². The van der Waals surface area contributed by atoms with E-state index in [9.17, 15) is 4.79 Å². The molecule has 0 radical (unpaired) electrons. The summed E-state index contributed by atoms with van der Waals surface area (Å²) in [5.74, 6) is 0.567. The van der Waals surface area contributed by atoms with Crippen LogP contribution in [0.2, 0.25) is 0 Å². The molecule has 1 amide bonds. The lowest BCUT2D eigenvalue weighted by Gasteiger charge is -2.33. The number of nitrogens with zero attached hydrogens (tertiary/aromatic N) is 1. The molecular formula is C18H20N2O. The summed E-state index contributed by atoms with van der Waals surface area (Å²) in [5, 5.41) is 3.07. The predicted octanol–water partition coefficient (Wildman–Crippen LogP) is 3.57. The van der Waals surface area contributed by atoms with Crippen LogP contribution in [-0.2, 0) is 6.42 Å². The van der Waals surface area contributed by atoms with Gasteiger partial charge >= 0.3 is 0 Å². The molecule has 1 aliphatic heterocycles. The maximum atomic E-state index is 12.8. The summed E-state index contributed by atoms with van der Waals surface area (Å²) < 4.78 is 0. The van der Waals surface area contributed by atoms with E-state index < -0.39 is 0 Å². The first-order valence-corrected chi connectivity index (χ1v) is 7.36. The molecule has 1 heterocycles. The second kappa shape index (κ2) is 5.60. The van der Waals surface area contributed by atoms with Gasteiger partial charge in [0.1, 0.15) is 0 Å². The number of benzene rings is 2. The lowest BCUT2D eigenvalue weighted by Crippen LogP contribution is -2.39. The number of hydrogen-bond acceptors (Lipinski definition) is 2. The third-order valence-electron chi connectivity index (χ3n) is 4.01. The molecule has 0 fully saturated rings. The Balaban J connectivity index is 1.93. The van der Waals surface area contributed by atoms with Crippen LogP contribution < -0.4 is 10.2 Å². The number of rotatable bonds is 2. The quantitative estimate of drug-likeness (QED) is 0.912. The van der Waals surface area contributed by atoms with Gasteiger partial charge in [-0.15, -0.1) is 0 Å². The van der Waals surface area contributed by atoms with Crippen LogP contribution in [-0.4, -0.2) is 19.5 Å². The summed E-state index contributed by atoms with van der Waals surface area (Å²) >= 11 is 0. The molecule has 21 heavy (non-hydrogen) atoms. The van der Waals surface area contributed by atoms with Crippen LogP contribution >= 0.6 is 0 Å². The van der Waals surface area contributed by atoms with E-state index in [1.165, 1.54) is 5.56 Å². The molecule has 1 aliphatic rings. The third kappa shape index (κ3) is 2.64. The summed E-state index contributed by atoms with van der Waals surface area (Å²) in [6.45, 7) is 2.98. The molecule has 3 heteroatoms. The number of hydrogen-bond donors (Lipinski definition) is 1. The summed E-state index contributed by atoms with van der Waals surface area (Å²) in [5.41, 5.74) is 4.06. The minimum absolute atomic E-state index is 0.0802. The maximum absolute atomic E-state index is 12.8. The second-order valence-electron chi connectivity index (χ2n) is 5.68. The second-order valence-corrected chi connectivity index (χ2v) is 5.68. The monoisotopic (exact) mass is 280 g/mol. The molecule has 0 saturated heterocycles. The number of carbonyl (C=O) groups is 1. The van der Waals surface area contributed by atoms with Gasteiger partial charge in [0.05, 0.1) is 0 Å². The number of nitrogens with one attached hydrogen (secondary N) is 1. The number of fused-ring (bicyclic) bond motifs is 1. The van der Waals surface area contributed by atoms with Crippen molar-refractivity contribution in [2.75, 3.05) is 23.8 Å². The van der Waals surface area contributed by atoms with Crippen molar-refractivity contribution < 1.29 is 4.79 Å². The maximum Gasteiger partial charge on any atom is 0.258 e. The van der Waals surface area contributed by atoms with Crippen LogP contribution in [0.5, 0.6) is 0 Å². The van der Waals surface area contributed by atoms with E-state index in [1.54, 1.807) is 0 Å². The molecule has 0 spiro atoms. The number of carbonyl (C=O) groups excluding carboxylic acids is 1. The van der Waals surface area contributed by atoms with Crippen LogP contribution in [0.3, 0.4) is 0 Å². The average Bonchev–Trinajstić information content (AvgIpc) is 2.53. The Hall–Kier alpha value is -2.29. The first kappa shape index (κ1) is 13.7. The minimum Gasteiger partial charge on any atom is -0.388 e. The molecule has 1 atom stereocenters. The molecule has 0 saturated carbocycles. The Bertz CT molecular complexity index is 649. The molecular weight excluding hydrogens is 260 g/mol. The Kier molecular flexibility index (Phi) is 3.65. The average molecular weight is 280 g/mol. The van der Waals surface area contributed by atoms with Gasteiger partial charge in [-0.05, 0) is 48.2 Å². The summed E-state index contributed by atoms with van der Waals surface area (Å²) in [6, 6.07) is 15.8. The first-order chi connectivity index (χ1) is 10.2. The molecule has 1 N–H and O–H groups in total. The van der Waals surface area contributed by atoms with Crippen LogP contribution in [0.1, 0.15) is 22.8 Å². The van der Waals surface area contributed by atoms with Crippen LogP contribution in [0, 0.1) is 5.92 Å². The van der Waals surface area contributed by atoms with Crippen molar-refractivity contribution in [1.29, 1.82) is 0 Å². The summed E-state index contributed by atoms with van der Waals surface area (Å²) in [4.78, 5) is 14.7. The van der Waals surface area contributed by atoms with Gasteiger partial charge < -0.3 is 10.2 Å². The van der Waals surface area contributed by atoms with Crippen LogP contribution in [0.25, 0.3) is 0 Å². The molecule has 2 aromatic carbocycles. The predicted molar refractivity (Wildman–Crippen MR) is 87.0 cm³/mol. The van der Waals surface area contributed by atoms with Gasteiger partial charge in [-0.1, -0.05) is 25.1 Å². The van der Waals surface area contributed by atoms with E-state index in [0.29, 0.717) is 5.92 Å².